The topological polar surface area (TPSA) is 84.4 Å². The van der Waals surface area contributed by atoms with Gasteiger partial charge in [-0.25, -0.2) is 0 Å². The molecular weight excluding hydrogens is 400 g/mol. The smallest absolute Gasteiger partial charge is 0.254 e. The van der Waals surface area contributed by atoms with Crippen LogP contribution in [0.2, 0.25) is 0 Å². The molecule has 3 aromatic rings. The number of hydrogen-bond acceptors (Lipinski definition) is 6. The van der Waals surface area contributed by atoms with E-state index >= 15 is 0 Å². The predicted octanol–water partition coefficient (Wildman–Crippen LogP) is 3.77. The zero-order valence-electron chi connectivity index (χ0n) is 16.8. The lowest BCUT2D eigenvalue weighted by molar-refractivity contribution is -0.119. The SMILES string of the molecule is COc1cccc(-c2nnc(NC(=O)C3CCCN3C(=O)c3ccc(C)cc3)s2)c1. The number of carbonyl (C=O) groups excluding carboxylic acids is 2. The van der Waals surface area contributed by atoms with Crippen molar-refractivity contribution < 1.29 is 14.3 Å². The van der Waals surface area contributed by atoms with E-state index in [1.54, 1.807) is 24.1 Å². The molecule has 7 nitrogen and oxygen atoms in total. The first-order valence-electron chi connectivity index (χ1n) is 9.71. The molecule has 154 valence electrons. The van der Waals surface area contributed by atoms with E-state index in [0.717, 1.165) is 23.3 Å². The molecule has 30 heavy (non-hydrogen) atoms. The van der Waals surface area contributed by atoms with E-state index in [2.05, 4.69) is 15.5 Å². The average molecular weight is 423 g/mol. The molecular formula is C22H22N4O3S. The number of nitrogens with zero attached hydrogens (tertiary/aromatic N) is 3. The average Bonchev–Trinajstić information content (AvgIpc) is 3.44. The second-order valence-corrected chi connectivity index (χ2v) is 8.13. The van der Waals surface area contributed by atoms with Crippen LogP contribution in [0.5, 0.6) is 5.75 Å². The third-order valence-electron chi connectivity index (χ3n) is 5.09. The Bertz CT molecular complexity index is 1060. The number of nitrogens with one attached hydrogen (secondary N) is 1. The standard InChI is InChI=1S/C22H22N4O3S/c1-14-8-10-15(11-9-14)21(28)26-12-4-7-18(26)19(27)23-22-25-24-20(30-22)16-5-3-6-17(13-16)29-2/h3,5-6,8-11,13,18H,4,7,12H2,1-2H3,(H,23,25,27). The number of carbonyl (C=O) groups is 2. The Kier molecular flexibility index (Phi) is 5.76. The third-order valence-corrected chi connectivity index (χ3v) is 5.97. The predicted molar refractivity (Wildman–Crippen MR) is 116 cm³/mol. The van der Waals surface area contributed by atoms with Gasteiger partial charge in [-0.05, 0) is 44.0 Å². The summed E-state index contributed by atoms with van der Waals surface area (Å²) in [6, 6.07) is 14.4. The molecule has 0 bridgehead atoms. The van der Waals surface area contributed by atoms with E-state index in [4.69, 9.17) is 4.74 Å². The first kappa shape index (κ1) is 20.0. The van der Waals surface area contributed by atoms with Crippen molar-refractivity contribution in [3.05, 3.63) is 59.7 Å². The number of anilines is 1. The van der Waals surface area contributed by atoms with Crippen LogP contribution in [-0.2, 0) is 4.79 Å². The highest BCUT2D eigenvalue weighted by atomic mass is 32.1. The van der Waals surface area contributed by atoms with E-state index in [0.29, 0.717) is 28.7 Å². The summed E-state index contributed by atoms with van der Waals surface area (Å²) in [6.45, 7) is 2.54. The third kappa shape index (κ3) is 4.18. The van der Waals surface area contributed by atoms with Crippen LogP contribution in [0.25, 0.3) is 10.6 Å². The summed E-state index contributed by atoms with van der Waals surface area (Å²) in [4.78, 5) is 27.4. The van der Waals surface area contributed by atoms with Crippen LogP contribution in [0.3, 0.4) is 0 Å². The highest BCUT2D eigenvalue weighted by Crippen LogP contribution is 2.29. The number of likely N-dealkylation sites (tertiary alicyclic amines) is 1. The van der Waals surface area contributed by atoms with Gasteiger partial charge in [0.2, 0.25) is 11.0 Å². The summed E-state index contributed by atoms with van der Waals surface area (Å²) in [6.07, 6.45) is 1.42. The normalized spacial score (nSPS) is 15.8. The summed E-state index contributed by atoms with van der Waals surface area (Å²) in [5.41, 5.74) is 2.55. The number of rotatable bonds is 5. The zero-order valence-corrected chi connectivity index (χ0v) is 17.6. The molecule has 0 spiro atoms. The molecule has 1 aliphatic rings. The quantitative estimate of drug-likeness (QED) is 0.677. The number of ether oxygens (including phenoxy) is 1. The number of benzene rings is 2. The second-order valence-electron chi connectivity index (χ2n) is 7.16. The van der Waals surface area contributed by atoms with Crippen LogP contribution in [-0.4, -0.2) is 46.6 Å². The van der Waals surface area contributed by atoms with Crippen LogP contribution >= 0.6 is 11.3 Å². The van der Waals surface area contributed by atoms with E-state index in [-0.39, 0.29) is 11.8 Å². The van der Waals surface area contributed by atoms with Gasteiger partial charge >= 0.3 is 0 Å². The zero-order chi connectivity index (χ0) is 21.1. The Morgan fingerprint density at radius 3 is 2.73 bits per heavy atom. The molecule has 1 fully saturated rings. The Labute approximate surface area is 178 Å². The molecule has 1 atom stereocenters. The minimum atomic E-state index is -0.511. The fourth-order valence-electron chi connectivity index (χ4n) is 3.48. The first-order chi connectivity index (χ1) is 14.5. The molecule has 0 radical (unpaired) electrons. The Balaban J connectivity index is 1.46. The van der Waals surface area contributed by atoms with Gasteiger partial charge in [-0.1, -0.05) is 41.2 Å². The molecule has 8 heteroatoms. The summed E-state index contributed by atoms with van der Waals surface area (Å²) in [5, 5.41) is 12.2. The van der Waals surface area contributed by atoms with Crippen molar-refractivity contribution >= 4 is 28.3 Å². The largest absolute Gasteiger partial charge is 0.497 e. The number of aryl methyl sites for hydroxylation is 1. The van der Waals surface area contributed by atoms with Gasteiger partial charge in [0.05, 0.1) is 7.11 Å². The van der Waals surface area contributed by atoms with Crippen LogP contribution in [0.15, 0.2) is 48.5 Å². The van der Waals surface area contributed by atoms with Gasteiger partial charge in [0, 0.05) is 17.7 Å². The van der Waals surface area contributed by atoms with E-state index in [1.165, 1.54) is 11.3 Å². The van der Waals surface area contributed by atoms with Crippen LogP contribution in [0, 0.1) is 6.92 Å². The number of hydrogen-bond donors (Lipinski definition) is 1. The molecule has 1 aromatic heterocycles. The number of methoxy groups -OCH3 is 1. The van der Waals surface area contributed by atoms with Gasteiger partial charge in [0.25, 0.3) is 5.91 Å². The van der Waals surface area contributed by atoms with Gasteiger partial charge < -0.3 is 9.64 Å². The molecule has 2 heterocycles. The van der Waals surface area contributed by atoms with Crippen molar-refractivity contribution in [2.45, 2.75) is 25.8 Å². The number of aromatic nitrogens is 2. The van der Waals surface area contributed by atoms with Gasteiger partial charge in [0.15, 0.2) is 0 Å². The van der Waals surface area contributed by atoms with Gasteiger partial charge in [-0.3, -0.25) is 14.9 Å². The lowest BCUT2D eigenvalue weighted by Crippen LogP contribution is -2.43. The fourth-order valence-corrected chi connectivity index (χ4v) is 4.22. The highest BCUT2D eigenvalue weighted by Gasteiger charge is 2.35. The summed E-state index contributed by atoms with van der Waals surface area (Å²) in [7, 11) is 1.61. The van der Waals surface area contributed by atoms with Gasteiger partial charge in [-0.15, -0.1) is 10.2 Å². The van der Waals surface area contributed by atoms with E-state index < -0.39 is 6.04 Å². The van der Waals surface area contributed by atoms with Crippen LogP contribution in [0.4, 0.5) is 5.13 Å². The maximum atomic E-state index is 12.9. The summed E-state index contributed by atoms with van der Waals surface area (Å²) >= 11 is 1.29. The molecule has 1 saturated heterocycles. The first-order valence-corrected chi connectivity index (χ1v) is 10.5. The molecule has 2 amide bonds. The molecule has 0 aliphatic carbocycles. The Morgan fingerprint density at radius 2 is 1.97 bits per heavy atom. The lowest BCUT2D eigenvalue weighted by atomic mass is 10.1. The van der Waals surface area contributed by atoms with Crippen molar-refractivity contribution in [1.82, 2.24) is 15.1 Å². The molecule has 1 aliphatic heterocycles. The monoisotopic (exact) mass is 422 g/mol. The summed E-state index contributed by atoms with van der Waals surface area (Å²) < 4.78 is 5.24. The van der Waals surface area contributed by atoms with Gasteiger partial charge in [-0.2, -0.15) is 0 Å². The highest BCUT2D eigenvalue weighted by molar-refractivity contribution is 7.18. The van der Waals surface area contributed by atoms with Crippen molar-refractivity contribution in [2.75, 3.05) is 19.0 Å². The minimum absolute atomic E-state index is 0.123. The Morgan fingerprint density at radius 1 is 1.17 bits per heavy atom. The molecule has 4 rings (SSSR count). The number of amides is 2. The molecule has 1 N–H and O–H groups in total. The van der Waals surface area contributed by atoms with Crippen molar-refractivity contribution in [3.63, 3.8) is 0 Å². The molecule has 1 unspecified atom stereocenters. The maximum Gasteiger partial charge on any atom is 0.254 e. The maximum absolute atomic E-state index is 12.9. The van der Waals surface area contributed by atoms with E-state index in [1.807, 2.05) is 43.3 Å². The minimum Gasteiger partial charge on any atom is -0.497 e. The van der Waals surface area contributed by atoms with Gasteiger partial charge in [0.1, 0.15) is 16.8 Å². The van der Waals surface area contributed by atoms with Crippen molar-refractivity contribution in [1.29, 1.82) is 0 Å². The lowest BCUT2D eigenvalue weighted by Gasteiger charge is -2.23. The van der Waals surface area contributed by atoms with Crippen LogP contribution in [0.1, 0.15) is 28.8 Å². The van der Waals surface area contributed by atoms with Crippen molar-refractivity contribution in [2.24, 2.45) is 0 Å². The second kappa shape index (κ2) is 8.62. The van der Waals surface area contributed by atoms with Crippen molar-refractivity contribution in [3.8, 4) is 16.3 Å². The Hall–Kier alpha value is -3.26. The fraction of sp³-hybridized carbons (Fsp3) is 0.273. The van der Waals surface area contributed by atoms with Crippen LogP contribution < -0.4 is 10.1 Å². The summed E-state index contributed by atoms with van der Waals surface area (Å²) in [5.74, 6) is 0.368. The van der Waals surface area contributed by atoms with E-state index in [9.17, 15) is 9.59 Å². The molecule has 0 saturated carbocycles. The molecule has 2 aromatic carbocycles.